The van der Waals surface area contributed by atoms with E-state index in [9.17, 15) is 4.79 Å². The van der Waals surface area contributed by atoms with Gasteiger partial charge in [-0.1, -0.05) is 84.1 Å². The van der Waals surface area contributed by atoms with Crippen molar-refractivity contribution in [1.82, 2.24) is 0 Å². The molecule has 0 aliphatic carbocycles. The highest BCUT2D eigenvalue weighted by Gasteiger charge is 2.08. The molecule has 0 unspecified atom stereocenters. The second-order valence-corrected chi connectivity index (χ2v) is 7.75. The van der Waals surface area contributed by atoms with Crippen molar-refractivity contribution in [3.8, 4) is 0 Å². The monoisotopic (exact) mass is 374 g/mol. The quantitative estimate of drug-likeness (QED) is 0.311. The SMILES string of the molecule is CCCCCCCCN(CCCCCCCC)c1cccc(NC(C)=O)c1. The van der Waals surface area contributed by atoms with E-state index in [4.69, 9.17) is 0 Å². The van der Waals surface area contributed by atoms with Crippen molar-refractivity contribution in [3.05, 3.63) is 24.3 Å². The van der Waals surface area contributed by atoms with Crippen molar-refractivity contribution in [2.75, 3.05) is 23.3 Å². The van der Waals surface area contributed by atoms with E-state index in [0.29, 0.717) is 0 Å². The Morgan fingerprint density at radius 1 is 0.815 bits per heavy atom. The second-order valence-electron chi connectivity index (χ2n) is 7.75. The summed E-state index contributed by atoms with van der Waals surface area (Å²) in [5, 5.41) is 2.92. The Labute approximate surface area is 167 Å². The Balaban J connectivity index is 2.54. The van der Waals surface area contributed by atoms with E-state index in [1.54, 1.807) is 6.92 Å². The molecule has 0 aromatic heterocycles. The molecule has 0 aliphatic rings. The number of carbonyl (C=O) groups excluding carboxylic acids is 1. The summed E-state index contributed by atoms with van der Waals surface area (Å²) < 4.78 is 0. The van der Waals surface area contributed by atoms with Crippen molar-refractivity contribution >= 4 is 17.3 Å². The minimum Gasteiger partial charge on any atom is -0.371 e. The molecule has 0 radical (unpaired) electrons. The molecule has 3 nitrogen and oxygen atoms in total. The fourth-order valence-corrected chi connectivity index (χ4v) is 3.52. The van der Waals surface area contributed by atoms with Gasteiger partial charge in [-0.25, -0.2) is 0 Å². The maximum Gasteiger partial charge on any atom is 0.221 e. The van der Waals surface area contributed by atoms with Gasteiger partial charge in [0, 0.05) is 31.4 Å². The molecule has 1 amide bonds. The highest BCUT2D eigenvalue weighted by atomic mass is 16.1. The average molecular weight is 375 g/mol. The Hall–Kier alpha value is -1.51. The molecule has 0 atom stereocenters. The summed E-state index contributed by atoms with van der Waals surface area (Å²) in [6.07, 6.45) is 15.9. The van der Waals surface area contributed by atoms with Crippen LogP contribution in [-0.4, -0.2) is 19.0 Å². The summed E-state index contributed by atoms with van der Waals surface area (Å²) in [6, 6.07) is 8.32. The molecule has 0 heterocycles. The van der Waals surface area contributed by atoms with Crippen LogP contribution in [0.5, 0.6) is 0 Å². The number of carbonyl (C=O) groups is 1. The molecule has 27 heavy (non-hydrogen) atoms. The van der Waals surface area contributed by atoms with Gasteiger partial charge in [0.2, 0.25) is 5.91 Å². The summed E-state index contributed by atoms with van der Waals surface area (Å²) in [6.45, 7) is 8.33. The third kappa shape index (κ3) is 11.7. The van der Waals surface area contributed by atoms with Gasteiger partial charge in [-0.05, 0) is 31.0 Å². The molecular formula is C24H42N2O. The predicted molar refractivity (Wildman–Crippen MR) is 120 cm³/mol. The predicted octanol–water partition coefficient (Wildman–Crippen LogP) is 7.17. The van der Waals surface area contributed by atoms with Crippen LogP contribution < -0.4 is 10.2 Å². The Kier molecular flexibility index (Phi) is 13.5. The van der Waals surface area contributed by atoms with Crippen LogP contribution >= 0.6 is 0 Å². The van der Waals surface area contributed by atoms with Gasteiger partial charge in [0.1, 0.15) is 0 Å². The number of anilines is 2. The molecular weight excluding hydrogens is 332 g/mol. The zero-order valence-electron chi connectivity index (χ0n) is 18.1. The molecule has 0 bridgehead atoms. The number of benzene rings is 1. The Morgan fingerprint density at radius 3 is 1.85 bits per heavy atom. The maximum absolute atomic E-state index is 11.4. The number of amides is 1. The van der Waals surface area contributed by atoms with Gasteiger partial charge < -0.3 is 10.2 Å². The van der Waals surface area contributed by atoms with Gasteiger partial charge in [-0.15, -0.1) is 0 Å². The van der Waals surface area contributed by atoms with Gasteiger partial charge in [0.05, 0.1) is 0 Å². The van der Waals surface area contributed by atoms with Gasteiger partial charge >= 0.3 is 0 Å². The van der Waals surface area contributed by atoms with Crippen LogP contribution in [0.1, 0.15) is 97.8 Å². The normalized spacial score (nSPS) is 10.8. The van der Waals surface area contributed by atoms with E-state index in [1.165, 1.54) is 82.7 Å². The minimum absolute atomic E-state index is 0.00875. The highest BCUT2D eigenvalue weighted by Crippen LogP contribution is 2.21. The molecule has 0 spiro atoms. The first-order chi connectivity index (χ1) is 13.2. The fourth-order valence-electron chi connectivity index (χ4n) is 3.52. The molecule has 0 aliphatic heterocycles. The van der Waals surface area contributed by atoms with E-state index >= 15 is 0 Å². The third-order valence-corrected chi connectivity index (χ3v) is 5.09. The Bertz CT molecular complexity index is 485. The molecule has 0 saturated carbocycles. The van der Waals surface area contributed by atoms with Crippen molar-refractivity contribution in [1.29, 1.82) is 0 Å². The van der Waals surface area contributed by atoms with Crippen molar-refractivity contribution < 1.29 is 4.79 Å². The van der Waals surface area contributed by atoms with E-state index in [2.05, 4.69) is 42.3 Å². The first-order valence-corrected chi connectivity index (χ1v) is 11.3. The topological polar surface area (TPSA) is 32.3 Å². The molecule has 0 fully saturated rings. The fraction of sp³-hybridized carbons (Fsp3) is 0.708. The lowest BCUT2D eigenvalue weighted by Crippen LogP contribution is -2.26. The second kappa shape index (κ2) is 15.5. The van der Waals surface area contributed by atoms with E-state index in [0.717, 1.165) is 18.8 Å². The molecule has 1 aromatic rings. The van der Waals surface area contributed by atoms with Gasteiger partial charge in [-0.3, -0.25) is 4.79 Å². The van der Waals surface area contributed by atoms with Crippen molar-refractivity contribution in [2.24, 2.45) is 0 Å². The van der Waals surface area contributed by atoms with Gasteiger partial charge in [-0.2, -0.15) is 0 Å². The number of hydrogen-bond donors (Lipinski definition) is 1. The van der Waals surface area contributed by atoms with Crippen LogP contribution in [0.4, 0.5) is 11.4 Å². The minimum atomic E-state index is -0.00875. The van der Waals surface area contributed by atoms with Crippen LogP contribution in [0.3, 0.4) is 0 Å². The maximum atomic E-state index is 11.4. The van der Waals surface area contributed by atoms with Crippen LogP contribution in [-0.2, 0) is 4.79 Å². The van der Waals surface area contributed by atoms with E-state index in [-0.39, 0.29) is 5.91 Å². The van der Waals surface area contributed by atoms with Crippen LogP contribution in [0, 0.1) is 0 Å². The van der Waals surface area contributed by atoms with Crippen LogP contribution in [0.25, 0.3) is 0 Å². The molecule has 1 N–H and O–H groups in total. The largest absolute Gasteiger partial charge is 0.371 e. The number of nitrogens with zero attached hydrogens (tertiary/aromatic N) is 1. The molecule has 0 saturated heterocycles. The summed E-state index contributed by atoms with van der Waals surface area (Å²) in [5.41, 5.74) is 2.14. The van der Waals surface area contributed by atoms with E-state index < -0.39 is 0 Å². The summed E-state index contributed by atoms with van der Waals surface area (Å²) in [4.78, 5) is 13.9. The molecule has 154 valence electrons. The first-order valence-electron chi connectivity index (χ1n) is 11.3. The number of nitrogens with one attached hydrogen (secondary N) is 1. The lowest BCUT2D eigenvalue weighted by molar-refractivity contribution is -0.114. The highest BCUT2D eigenvalue weighted by molar-refractivity contribution is 5.89. The lowest BCUT2D eigenvalue weighted by Gasteiger charge is -2.25. The van der Waals surface area contributed by atoms with Crippen molar-refractivity contribution in [3.63, 3.8) is 0 Å². The average Bonchev–Trinajstić information content (AvgIpc) is 2.65. The van der Waals surface area contributed by atoms with Crippen LogP contribution in [0.15, 0.2) is 24.3 Å². The van der Waals surface area contributed by atoms with Gasteiger partial charge in [0.25, 0.3) is 0 Å². The lowest BCUT2D eigenvalue weighted by atomic mass is 10.1. The standard InChI is InChI=1S/C24H42N2O/c1-4-6-8-10-12-14-19-26(20-15-13-11-9-7-5-2)24-18-16-17-23(21-24)25-22(3)27/h16-18,21H,4-15,19-20H2,1-3H3,(H,25,27). The molecule has 1 rings (SSSR count). The van der Waals surface area contributed by atoms with Gasteiger partial charge in [0.15, 0.2) is 0 Å². The molecule has 3 heteroatoms. The first kappa shape index (κ1) is 23.5. The van der Waals surface area contributed by atoms with Crippen LogP contribution in [0.2, 0.25) is 0 Å². The zero-order chi connectivity index (χ0) is 19.7. The van der Waals surface area contributed by atoms with E-state index in [1.807, 2.05) is 6.07 Å². The number of rotatable bonds is 16. The Morgan fingerprint density at radius 2 is 1.33 bits per heavy atom. The number of unbranched alkanes of at least 4 members (excludes halogenated alkanes) is 10. The smallest absolute Gasteiger partial charge is 0.221 e. The third-order valence-electron chi connectivity index (χ3n) is 5.09. The summed E-state index contributed by atoms with van der Waals surface area (Å²) >= 11 is 0. The summed E-state index contributed by atoms with van der Waals surface area (Å²) in [7, 11) is 0. The molecule has 1 aromatic carbocycles. The number of hydrogen-bond acceptors (Lipinski definition) is 2. The van der Waals surface area contributed by atoms with Crippen molar-refractivity contribution in [2.45, 2.75) is 97.8 Å². The zero-order valence-corrected chi connectivity index (χ0v) is 18.1. The summed E-state index contributed by atoms with van der Waals surface area (Å²) in [5.74, 6) is -0.00875.